The molecule has 0 aliphatic carbocycles. The maximum Gasteiger partial charge on any atom is 0.224 e. The fraction of sp³-hybridized carbons (Fsp3) is 0.381. The van der Waals surface area contributed by atoms with Gasteiger partial charge in [-0.05, 0) is 23.6 Å². The Balaban J connectivity index is 1.45. The second-order valence-corrected chi connectivity index (χ2v) is 6.62. The number of aryl methyl sites for hydroxylation is 1. The van der Waals surface area contributed by atoms with E-state index in [-0.39, 0.29) is 12.0 Å². The van der Waals surface area contributed by atoms with Crippen LogP contribution in [0, 0.1) is 6.92 Å². The van der Waals surface area contributed by atoms with Crippen molar-refractivity contribution < 1.29 is 9.53 Å². The number of benzene rings is 2. The van der Waals surface area contributed by atoms with Gasteiger partial charge in [0, 0.05) is 26.2 Å². The molecule has 4 nitrogen and oxygen atoms in total. The normalized spacial score (nSPS) is 18.0. The fourth-order valence-electron chi connectivity index (χ4n) is 3.16. The Hall–Kier alpha value is -2.17. The third-order valence-electron chi connectivity index (χ3n) is 4.61. The molecule has 1 heterocycles. The number of ether oxygens (including phenoxy) is 1. The molecular weight excluding hydrogens is 312 g/mol. The van der Waals surface area contributed by atoms with E-state index in [4.69, 9.17) is 4.74 Å². The minimum absolute atomic E-state index is 0.0538. The molecule has 1 unspecified atom stereocenters. The predicted molar refractivity (Wildman–Crippen MR) is 99.4 cm³/mol. The molecule has 1 fully saturated rings. The van der Waals surface area contributed by atoms with Crippen LogP contribution < -0.4 is 5.32 Å². The summed E-state index contributed by atoms with van der Waals surface area (Å²) in [5, 5.41) is 3.02. The molecule has 1 N–H and O–H groups in total. The van der Waals surface area contributed by atoms with E-state index in [1.165, 1.54) is 5.56 Å². The van der Waals surface area contributed by atoms with E-state index >= 15 is 0 Å². The minimum atomic E-state index is 0.0538. The molecule has 25 heavy (non-hydrogen) atoms. The van der Waals surface area contributed by atoms with Crippen LogP contribution in [0.25, 0.3) is 0 Å². The zero-order chi connectivity index (χ0) is 17.5. The Morgan fingerprint density at radius 3 is 2.72 bits per heavy atom. The van der Waals surface area contributed by atoms with Crippen molar-refractivity contribution in [3.05, 3.63) is 71.3 Å². The lowest BCUT2D eigenvalue weighted by Crippen LogP contribution is -2.47. The number of hydrogen-bond acceptors (Lipinski definition) is 3. The topological polar surface area (TPSA) is 41.6 Å². The second-order valence-electron chi connectivity index (χ2n) is 6.62. The predicted octanol–water partition coefficient (Wildman–Crippen LogP) is 2.55. The summed E-state index contributed by atoms with van der Waals surface area (Å²) in [4.78, 5) is 14.6. The third-order valence-corrected chi connectivity index (χ3v) is 4.61. The van der Waals surface area contributed by atoms with Crippen LogP contribution in [0.4, 0.5) is 0 Å². The average Bonchev–Trinajstić information content (AvgIpc) is 2.63. The molecule has 1 atom stereocenters. The largest absolute Gasteiger partial charge is 0.374 e. The number of carbonyl (C=O) groups is 1. The van der Waals surface area contributed by atoms with Gasteiger partial charge in [-0.1, -0.05) is 54.6 Å². The summed E-state index contributed by atoms with van der Waals surface area (Å²) in [6.07, 6.45) is 0.478. The number of morpholine rings is 1. The number of amides is 1. The quantitative estimate of drug-likeness (QED) is 0.880. The summed E-state index contributed by atoms with van der Waals surface area (Å²) in [6, 6.07) is 18.5. The highest BCUT2D eigenvalue weighted by Gasteiger charge is 2.21. The van der Waals surface area contributed by atoms with E-state index in [0.29, 0.717) is 19.6 Å². The smallest absolute Gasteiger partial charge is 0.224 e. The van der Waals surface area contributed by atoms with Crippen LogP contribution in [0.3, 0.4) is 0 Å². The first-order chi connectivity index (χ1) is 12.2. The molecule has 3 rings (SSSR count). The molecule has 1 amide bonds. The zero-order valence-electron chi connectivity index (χ0n) is 14.8. The Kier molecular flexibility index (Phi) is 6.20. The van der Waals surface area contributed by atoms with E-state index in [2.05, 4.69) is 34.5 Å². The number of hydrogen-bond donors (Lipinski definition) is 1. The van der Waals surface area contributed by atoms with E-state index in [0.717, 1.165) is 30.8 Å². The molecular formula is C21H26N2O2. The minimum Gasteiger partial charge on any atom is -0.374 e. The molecule has 1 saturated heterocycles. The van der Waals surface area contributed by atoms with E-state index < -0.39 is 0 Å². The summed E-state index contributed by atoms with van der Waals surface area (Å²) in [5.74, 6) is 0.0538. The van der Waals surface area contributed by atoms with Crippen molar-refractivity contribution in [3.8, 4) is 0 Å². The summed E-state index contributed by atoms with van der Waals surface area (Å²) in [5.41, 5.74) is 3.54. The fourth-order valence-corrected chi connectivity index (χ4v) is 3.16. The van der Waals surface area contributed by atoms with Crippen molar-refractivity contribution in [2.45, 2.75) is 26.0 Å². The summed E-state index contributed by atoms with van der Waals surface area (Å²) in [7, 11) is 0. The molecule has 0 radical (unpaired) electrons. The van der Waals surface area contributed by atoms with Crippen LogP contribution in [-0.2, 0) is 22.5 Å². The lowest BCUT2D eigenvalue weighted by atomic mass is 10.1. The average molecular weight is 338 g/mol. The van der Waals surface area contributed by atoms with Gasteiger partial charge < -0.3 is 10.1 Å². The number of carbonyl (C=O) groups excluding carboxylic acids is 1. The van der Waals surface area contributed by atoms with Crippen molar-refractivity contribution >= 4 is 5.91 Å². The van der Waals surface area contributed by atoms with Crippen molar-refractivity contribution in [1.82, 2.24) is 10.2 Å². The van der Waals surface area contributed by atoms with Crippen molar-refractivity contribution in [2.24, 2.45) is 0 Å². The number of rotatable bonds is 6. The molecule has 1 aliphatic rings. The van der Waals surface area contributed by atoms with E-state index in [1.807, 2.05) is 37.3 Å². The molecule has 0 aromatic heterocycles. The van der Waals surface area contributed by atoms with Gasteiger partial charge in [0.25, 0.3) is 0 Å². The van der Waals surface area contributed by atoms with Gasteiger partial charge in [-0.25, -0.2) is 0 Å². The highest BCUT2D eigenvalue weighted by Crippen LogP contribution is 2.11. The summed E-state index contributed by atoms with van der Waals surface area (Å²) < 4.78 is 5.81. The van der Waals surface area contributed by atoms with Gasteiger partial charge in [0.2, 0.25) is 5.91 Å². The lowest BCUT2D eigenvalue weighted by molar-refractivity contribution is -0.121. The maximum absolute atomic E-state index is 12.2. The van der Waals surface area contributed by atoms with Crippen molar-refractivity contribution in [1.29, 1.82) is 0 Å². The first kappa shape index (κ1) is 17.6. The monoisotopic (exact) mass is 338 g/mol. The highest BCUT2D eigenvalue weighted by atomic mass is 16.5. The van der Waals surface area contributed by atoms with Gasteiger partial charge in [0.05, 0.1) is 19.1 Å². The first-order valence-corrected chi connectivity index (χ1v) is 8.90. The first-order valence-electron chi connectivity index (χ1n) is 8.90. The van der Waals surface area contributed by atoms with Crippen LogP contribution in [0.15, 0.2) is 54.6 Å². The summed E-state index contributed by atoms with van der Waals surface area (Å²) in [6.45, 7) is 6.02. The maximum atomic E-state index is 12.2. The van der Waals surface area contributed by atoms with Crippen LogP contribution in [-0.4, -0.2) is 43.2 Å². The Bertz CT molecular complexity index is 687. The second kappa shape index (κ2) is 8.79. The van der Waals surface area contributed by atoms with Gasteiger partial charge in [-0.3, -0.25) is 9.69 Å². The number of nitrogens with one attached hydrogen (secondary N) is 1. The molecule has 0 spiro atoms. The van der Waals surface area contributed by atoms with Gasteiger partial charge in [0.15, 0.2) is 0 Å². The number of nitrogens with zero attached hydrogens (tertiary/aromatic N) is 1. The van der Waals surface area contributed by atoms with Gasteiger partial charge >= 0.3 is 0 Å². The Labute approximate surface area is 149 Å². The van der Waals surface area contributed by atoms with Crippen LogP contribution in [0.5, 0.6) is 0 Å². The SMILES string of the molecule is Cc1ccccc1CC(=O)NCC1CN(Cc2ccccc2)CCO1. The van der Waals surface area contributed by atoms with Crippen molar-refractivity contribution in [2.75, 3.05) is 26.2 Å². The molecule has 2 aromatic rings. The Morgan fingerprint density at radius 2 is 1.92 bits per heavy atom. The Morgan fingerprint density at radius 1 is 1.16 bits per heavy atom. The molecule has 1 aliphatic heterocycles. The molecule has 0 bridgehead atoms. The van der Waals surface area contributed by atoms with Crippen LogP contribution in [0.1, 0.15) is 16.7 Å². The highest BCUT2D eigenvalue weighted by molar-refractivity contribution is 5.78. The molecule has 4 heteroatoms. The standard InChI is InChI=1S/C21H26N2O2/c1-17-7-5-6-10-19(17)13-21(24)22-14-20-16-23(11-12-25-20)15-18-8-3-2-4-9-18/h2-10,20H,11-16H2,1H3,(H,22,24). The van der Waals surface area contributed by atoms with E-state index in [1.54, 1.807) is 0 Å². The molecule has 0 saturated carbocycles. The van der Waals surface area contributed by atoms with Gasteiger partial charge in [-0.15, -0.1) is 0 Å². The lowest BCUT2D eigenvalue weighted by Gasteiger charge is -2.33. The van der Waals surface area contributed by atoms with Crippen molar-refractivity contribution in [3.63, 3.8) is 0 Å². The van der Waals surface area contributed by atoms with Gasteiger partial charge in [0.1, 0.15) is 0 Å². The van der Waals surface area contributed by atoms with Gasteiger partial charge in [-0.2, -0.15) is 0 Å². The van der Waals surface area contributed by atoms with Crippen LogP contribution >= 0.6 is 0 Å². The van der Waals surface area contributed by atoms with E-state index in [9.17, 15) is 4.79 Å². The molecule has 132 valence electrons. The molecule has 2 aromatic carbocycles. The third kappa shape index (κ3) is 5.41. The van der Waals surface area contributed by atoms with Crippen LogP contribution in [0.2, 0.25) is 0 Å². The summed E-state index contributed by atoms with van der Waals surface area (Å²) >= 11 is 0. The zero-order valence-corrected chi connectivity index (χ0v) is 14.8.